The summed E-state index contributed by atoms with van der Waals surface area (Å²) in [6.07, 6.45) is 5.46. The van der Waals surface area contributed by atoms with E-state index in [1.165, 1.54) is 5.56 Å². The molecule has 2 aliphatic rings. The Balaban J connectivity index is 1.38. The van der Waals surface area contributed by atoms with Gasteiger partial charge in [0.1, 0.15) is 17.7 Å². The molecule has 5 heterocycles. The molecule has 5 rings (SSSR count). The van der Waals surface area contributed by atoms with E-state index in [9.17, 15) is 0 Å². The van der Waals surface area contributed by atoms with Crippen LogP contribution in [0.25, 0.3) is 5.52 Å². The third-order valence-electron chi connectivity index (χ3n) is 5.89. The summed E-state index contributed by atoms with van der Waals surface area (Å²) in [6, 6.07) is 2.12. The Morgan fingerprint density at radius 3 is 2.31 bits per heavy atom. The fourth-order valence-corrected chi connectivity index (χ4v) is 4.46. The lowest BCUT2D eigenvalue weighted by Crippen LogP contribution is -2.30. The molecular weight excluding hydrogens is 326 g/mol. The SMILES string of the molecule is Cc1cc2c(N3CC4CN(c5ncnc(C)c5C)CC4C3)nccn2n1. The standard InChI is InChI=1S/C19H23N7/c1-12-6-17-19(20-4-5-26(17)23-12)25-9-15-7-24(8-16(15)10-25)18-13(2)14(3)21-11-22-18/h4-6,11,15-16H,7-10H2,1-3H3. The predicted molar refractivity (Wildman–Crippen MR) is 101 cm³/mol. The summed E-state index contributed by atoms with van der Waals surface area (Å²) in [4.78, 5) is 18.4. The van der Waals surface area contributed by atoms with Crippen LogP contribution in [0.1, 0.15) is 17.0 Å². The minimum absolute atomic E-state index is 0.649. The van der Waals surface area contributed by atoms with Crippen LogP contribution < -0.4 is 9.80 Å². The molecule has 0 aliphatic carbocycles. The van der Waals surface area contributed by atoms with Gasteiger partial charge < -0.3 is 9.80 Å². The highest BCUT2D eigenvalue weighted by atomic mass is 15.3. The van der Waals surface area contributed by atoms with E-state index in [2.05, 4.69) is 49.8 Å². The van der Waals surface area contributed by atoms with E-state index in [4.69, 9.17) is 0 Å². The molecule has 134 valence electrons. The van der Waals surface area contributed by atoms with Crippen molar-refractivity contribution < 1.29 is 0 Å². The maximum absolute atomic E-state index is 4.66. The molecule has 2 saturated heterocycles. The molecule has 0 bridgehead atoms. The Bertz CT molecular complexity index is 965. The van der Waals surface area contributed by atoms with Gasteiger partial charge in [-0.1, -0.05) is 0 Å². The number of hydrogen-bond acceptors (Lipinski definition) is 6. The quantitative estimate of drug-likeness (QED) is 0.705. The summed E-state index contributed by atoms with van der Waals surface area (Å²) in [7, 11) is 0. The third-order valence-corrected chi connectivity index (χ3v) is 5.89. The lowest BCUT2D eigenvalue weighted by Gasteiger charge is -2.24. The van der Waals surface area contributed by atoms with Crippen LogP contribution >= 0.6 is 0 Å². The first-order chi connectivity index (χ1) is 12.6. The second-order valence-electron chi connectivity index (χ2n) is 7.60. The average Bonchev–Trinajstić information content (AvgIpc) is 3.28. The van der Waals surface area contributed by atoms with Crippen LogP contribution in [0.2, 0.25) is 0 Å². The van der Waals surface area contributed by atoms with E-state index < -0.39 is 0 Å². The number of aromatic nitrogens is 5. The lowest BCUT2D eigenvalue weighted by atomic mass is 10.0. The van der Waals surface area contributed by atoms with Crippen molar-refractivity contribution in [3.05, 3.63) is 41.7 Å². The van der Waals surface area contributed by atoms with Gasteiger partial charge in [-0.25, -0.2) is 19.5 Å². The van der Waals surface area contributed by atoms with E-state index >= 15 is 0 Å². The Morgan fingerprint density at radius 1 is 0.885 bits per heavy atom. The highest BCUT2D eigenvalue weighted by Gasteiger charge is 2.41. The predicted octanol–water partition coefficient (Wildman–Crippen LogP) is 2.02. The maximum Gasteiger partial charge on any atom is 0.154 e. The normalized spacial score (nSPS) is 22.4. The smallest absolute Gasteiger partial charge is 0.154 e. The number of hydrogen-bond donors (Lipinski definition) is 0. The minimum atomic E-state index is 0.649. The van der Waals surface area contributed by atoms with Crippen LogP contribution in [0, 0.1) is 32.6 Å². The Kier molecular flexibility index (Phi) is 3.38. The molecule has 2 atom stereocenters. The van der Waals surface area contributed by atoms with Crippen molar-refractivity contribution >= 4 is 17.2 Å². The third kappa shape index (κ3) is 2.34. The molecule has 7 heteroatoms. The first-order valence-electron chi connectivity index (χ1n) is 9.19. The van der Waals surface area contributed by atoms with Crippen molar-refractivity contribution in [2.75, 3.05) is 36.0 Å². The van der Waals surface area contributed by atoms with E-state index in [1.807, 2.05) is 23.8 Å². The van der Waals surface area contributed by atoms with Crippen LogP contribution in [0.5, 0.6) is 0 Å². The summed E-state index contributed by atoms with van der Waals surface area (Å²) in [6.45, 7) is 10.4. The van der Waals surface area contributed by atoms with Crippen LogP contribution in [-0.4, -0.2) is 50.7 Å². The molecule has 0 amide bonds. The monoisotopic (exact) mass is 349 g/mol. The van der Waals surface area contributed by atoms with Crippen molar-refractivity contribution in [1.29, 1.82) is 0 Å². The molecule has 0 N–H and O–H groups in total. The molecule has 3 aromatic heterocycles. The zero-order chi connectivity index (χ0) is 17.8. The van der Waals surface area contributed by atoms with Gasteiger partial charge in [-0.3, -0.25) is 0 Å². The molecule has 0 spiro atoms. The van der Waals surface area contributed by atoms with Crippen LogP contribution in [0.15, 0.2) is 24.8 Å². The van der Waals surface area contributed by atoms with Gasteiger partial charge in [0.2, 0.25) is 0 Å². The molecule has 2 unspecified atom stereocenters. The largest absolute Gasteiger partial charge is 0.356 e. The number of rotatable bonds is 2. The van der Waals surface area contributed by atoms with Gasteiger partial charge in [-0.2, -0.15) is 5.10 Å². The first-order valence-corrected chi connectivity index (χ1v) is 9.19. The van der Waals surface area contributed by atoms with Gasteiger partial charge in [-0.15, -0.1) is 0 Å². The molecule has 7 nitrogen and oxygen atoms in total. The molecule has 2 aliphatic heterocycles. The van der Waals surface area contributed by atoms with Crippen molar-refractivity contribution in [3.8, 4) is 0 Å². The van der Waals surface area contributed by atoms with E-state index in [0.717, 1.165) is 54.7 Å². The van der Waals surface area contributed by atoms with Crippen LogP contribution in [-0.2, 0) is 0 Å². The number of aryl methyl sites for hydroxylation is 2. The summed E-state index contributed by atoms with van der Waals surface area (Å²) < 4.78 is 1.94. The van der Waals surface area contributed by atoms with Gasteiger partial charge in [0.05, 0.1) is 5.69 Å². The highest BCUT2D eigenvalue weighted by molar-refractivity contribution is 5.69. The first kappa shape index (κ1) is 15.5. The average molecular weight is 349 g/mol. The number of anilines is 2. The van der Waals surface area contributed by atoms with Gasteiger partial charge in [-0.05, 0) is 26.8 Å². The topological polar surface area (TPSA) is 62.5 Å². The molecular formula is C19H23N7. The zero-order valence-electron chi connectivity index (χ0n) is 15.4. The molecule has 0 aromatic carbocycles. The second-order valence-corrected chi connectivity index (χ2v) is 7.60. The van der Waals surface area contributed by atoms with E-state index in [0.29, 0.717) is 11.8 Å². The highest BCUT2D eigenvalue weighted by Crippen LogP contribution is 2.37. The molecule has 3 aromatic rings. The van der Waals surface area contributed by atoms with Gasteiger partial charge in [0.15, 0.2) is 5.82 Å². The molecule has 2 fully saturated rings. The van der Waals surface area contributed by atoms with Crippen molar-refractivity contribution in [1.82, 2.24) is 24.6 Å². The second kappa shape index (κ2) is 5.65. The van der Waals surface area contributed by atoms with Gasteiger partial charge in [0.25, 0.3) is 0 Å². The lowest BCUT2D eigenvalue weighted by molar-refractivity contribution is 0.533. The fraction of sp³-hybridized carbons (Fsp3) is 0.474. The van der Waals surface area contributed by atoms with Crippen molar-refractivity contribution in [3.63, 3.8) is 0 Å². The fourth-order valence-electron chi connectivity index (χ4n) is 4.46. The summed E-state index contributed by atoms with van der Waals surface area (Å²) in [5.74, 6) is 3.46. The molecule has 0 saturated carbocycles. The summed E-state index contributed by atoms with van der Waals surface area (Å²) in [5, 5.41) is 4.51. The number of nitrogens with zero attached hydrogens (tertiary/aromatic N) is 7. The van der Waals surface area contributed by atoms with Crippen molar-refractivity contribution in [2.24, 2.45) is 11.8 Å². The molecule has 26 heavy (non-hydrogen) atoms. The Labute approximate surface area is 152 Å². The van der Waals surface area contributed by atoms with Gasteiger partial charge in [0, 0.05) is 61.7 Å². The van der Waals surface area contributed by atoms with Crippen molar-refractivity contribution in [2.45, 2.75) is 20.8 Å². The molecule has 0 radical (unpaired) electrons. The number of fused-ring (bicyclic) bond motifs is 2. The summed E-state index contributed by atoms with van der Waals surface area (Å²) >= 11 is 0. The van der Waals surface area contributed by atoms with Gasteiger partial charge >= 0.3 is 0 Å². The van der Waals surface area contributed by atoms with E-state index in [-0.39, 0.29) is 0 Å². The summed E-state index contributed by atoms with van der Waals surface area (Å²) in [5.41, 5.74) is 4.40. The maximum atomic E-state index is 4.66. The Morgan fingerprint density at radius 2 is 1.58 bits per heavy atom. The van der Waals surface area contributed by atoms with Crippen LogP contribution in [0.3, 0.4) is 0 Å². The zero-order valence-corrected chi connectivity index (χ0v) is 15.4. The van der Waals surface area contributed by atoms with Crippen LogP contribution in [0.4, 0.5) is 11.6 Å². The van der Waals surface area contributed by atoms with E-state index in [1.54, 1.807) is 6.33 Å². The minimum Gasteiger partial charge on any atom is -0.356 e. The Hall–Kier alpha value is -2.70.